The summed E-state index contributed by atoms with van der Waals surface area (Å²) in [6, 6.07) is 6.28. The molecule has 1 saturated heterocycles. The zero-order chi connectivity index (χ0) is 27.2. The highest BCUT2D eigenvalue weighted by Gasteiger charge is 2.46. The van der Waals surface area contributed by atoms with E-state index in [1.54, 1.807) is 6.20 Å². The maximum Gasteiger partial charge on any atom is 0.255 e. The molecule has 3 atom stereocenters. The molecule has 5 rings (SSSR count). The lowest BCUT2D eigenvalue weighted by Crippen LogP contribution is -2.55. The number of nitriles is 1. The molecule has 2 amide bonds. The molecule has 3 unspecified atom stereocenters. The first kappa shape index (κ1) is 26.0. The second-order valence-corrected chi connectivity index (χ2v) is 11.9. The number of rotatable bonds is 4. The molecule has 0 radical (unpaired) electrons. The molecule has 2 fully saturated rings. The number of carbonyl (C=O) groups excluding carboxylic acids is 2. The summed E-state index contributed by atoms with van der Waals surface area (Å²) in [7, 11) is 0. The molecule has 8 nitrogen and oxygen atoms in total. The highest BCUT2D eigenvalue weighted by molar-refractivity contribution is 6.05. The van der Waals surface area contributed by atoms with Crippen LogP contribution in [0.1, 0.15) is 92.3 Å². The van der Waals surface area contributed by atoms with Gasteiger partial charge in [0.1, 0.15) is 11.6 Å². The van der Waals surface area contributed by atoms with Gasteiger partial charge in [-0.2, -0.15) is 5.26 Å². The summed E-state index contributed by atoms with van der Waals surface area (Å²) in [6.45, 7) is 9.37. The van der Waals surface area contributed by atoms with Crippen LogP contribution in [-0.2, 0) is 4.79 Å². The van der Waals surface area contributed by atoms with Crippen molar-refractivity contribution in [2.75, 3.05) is 17.2 Å². The first-order valence-corrected chi connectivity index (χ1v) is 13.7. The van der Waals surface area contributed by atoms with Crippen molar-refractivity contribution in [1.82, 2.24) is 9.88 Å². The van der Waals surface area contributed by atoms with Gasteiger partial charge >= 0.3 is 0 Å². The Kier molecular flexibility index (Phi) is 6.81. The number of nitrogens with zero attached hydrogens (tertiary/aromatic N) is 3. The average molecular weight is 516 g/mol. The lowest BCUT2D eigenvalue weighted by atomic mass is 9.71. The SMILES string of the molecule is Cc1c(NC(=O)c2cc(O)cc(C#N)c2)cnc2c1C(C1CCN(C(=O)C3CCCC3)C(C)(C)C1)C(C)N2. The molecular formula is C30H37N5O3. The lowest BCUT2D eigenvalue weighted by Gasteiger charge is -2.48. The molecule has 3 N–H and O–H groups in total. The number of aromatic hydroxyl groups is 1. The molecule has 0 spiro atoms. The summed E-state index contributed by atoms with van der Waals surface area (Å²) in [4.78, 5) is 33.1. The van der Waals surface area contributed by atoms with Crippen LogP contribution in [0, 0.1) is 30.1 Å². The Hall–Kier alpha value is -3.60. The minimum Gasteiger partial charge on any atom is -0.508 e. The minimum atomic E-state index is -0.405. The van der Waals surface area contributed by atoms with Crippen molar-refractivity contribution in [3.63, 3.8) is 0 Å². The summed E-state index contributed by atoms with van der Waals surface area (Å²) in [6.07, 6.45) is 7.87. The van der Waals surface area contributed by atoms with Crippen LogP contribution < -0.4 is 10.6 Å². The monoisotopic (exact) mass is 515 g/mol. The number of amides is 2. The highest BCUT2D eigenvalue weighted by atomic mass is 16.3. The molecule has 3 aliphatic rings. The summed E-state index contributed by atoms with van der Waals surface area (Å²) in [5.41, 5.74) is 2.92. The van der Waals surface area contributed by atoms with E-state index in [9.17, 15) is 20.0 Å². The Labute approximate surface area is 224 Å². The average Bonchev–Trinajstić information content (AvgIpc) is 3.52. The molecule has 0 bridgehead atoms. The molecule has 38 heavy (non-hydrogen) atoms. The number of benzene rings is 1. The van der Waals surface area contributed by atoms with Crippen LogP contribution in [0.3, 0.4) is 0 Å². The first-order chi connectivity index (χ1) is 18.1. The second-order valence-electron chi connectivity index (χ2n) is 11.9. The number of phenols is 1. The van der Waals surface area contributed by atoms with E-state index in [2.05, 4.69) is 41.3 Å². The Morgan fingerprint density at radius 2 is 1.95 bits per heavy atom. The van der Waals surface area contributed by atoms with Gasteiger partial charge in [-0.25, -0.2) is 4.98 Å². The topological polar surface area (TPSA) is 118 Å². The number of likely N-dealkylation sites (tertiary alicyclic amines) is 1. The van der Waals surface area contributed by atoms with E-state index in [0.29, 0.717) is 17.5 Å². The number of pyridine rings is 1. The summed E-state index contributed by atoms with van der Waals surface area (Å²) in [5.74, 6) is 1.42. The van der Waals surface area contributed by atoms with Crippen molar-refractivity contribution < 1.29 is 14.7 Å². The van der Waals surface area contributed by atoms with Crippen LogP contribution >= 0.6 is 0 Å². The van der Waals surface area contributed by atoms with Gasteiger partial charge in [-0.05, 0) is 83.1 Å². The fourth-order valence-electron chi connectivity index (χ4n) is 7.03. The maximum absolute atomic E-state index is 13.3. The van der Waals surface area contributed by atoms with Crippen LogP contribution in [0.15, 0.2) is 24.4 Å². The van der Waals surface area contributed by atoms with E-state index >= 15 is 0 Å². The molecule has 2 aliphatic heterocycles. The number of anilines is 2. The Morgan fingerprint density at radius 3 is 2.63 bits per heavy atom. The van der Waals surface area contributed by atoms with Gasteiger partial charge < -0.3 is 20.6 Å². The molecule has 3 heterocycles. The zero-order valence-electron chi connectivity index (χ0n) is 22.7. The molecule has 200 valence electrons. The summed E-state index contributed by atoms with van der Waals surface area (Å²) in [5, 5.41) is 25.6. The van der Waals surface area contributed by atoms with Gasteiger partial charge in [0.2, 0.25) is 5.91 Å². The van der Waals surface area contributed by atoms with Crippen molar-refractivity contribution in [3.8, 4) is 11.8 Å². The van der Waals surface area contributed by atoms with E-state index in [0.717, 1.165) is 62.0 Å². The largest absolute Gasteiger partial charge is 0.508 e. The van der Waals surface area contributed by atoms with Gasteiger partial charge in [0.25, 0.3) is 5.91 Å². The van der Waals surface area contributed by atoms with Gasteiger partial charge in [-0.1, -0.05) is 12.8 Å². The summed E-state index contributed by atoms with van der Waals surface area (Å²) >= 11 is 0. The molecule has 1 aromatic carbocycles. The Bertz CT molecular complexity index is 1310. The fourth-order valence-corrected chi connectivity index (χ4v) is 7.03. The molecule has 1 saturated carbocycles. The maximum atomic E-state index is 13.3. The zero-order valence-corrected chi connectivity index (χ0v) is 22.7. The number of hydrogen-bond donors (Lipinski definition) is 3. The van der Waals surface area contributed by atoms with E-state index in [1.165, 1.54) is 18.2 Å². The smallest absolute Gasteiger partial charge is 0.255 e. The molecule has 8 heteroatoms. The molecular weight excluding hydrogens is 478 g/mol. The van der Waals surface area contributed by atoms with Crippen molar-refractivity contribution in [3.05, 3.63) is 46.6 Å². The number of piperidine rings is 1. The minimum absolute atomic E-state index is 0.128. The number of fused-ring (bicyclic) bond motifs is 1. The Balaban J connectivity index is 1.38. The Morgan fingerprint density at radius 1 is 1.21 bits per heavy atom. The van der Waals surface area contributed by atoms with E-state index in [-0.39, 0.29) is 40.3 Å². The van der Waals surface area contributed by atoms with Gasteiger partial charge in [-0.3, -0.25) is 9.59 Å². The van der Waals surface area contributed by atoms with Crippen molar-refractivity contribution in [1.29, 1.82) is 5.26 Å². The second kappa shape index (κ2) is 9.94. The van der Waals surface area contributed by atoms with Gasteiger partial charge in [0.05, 0.1) is 23.5 Å². The third kappa shape index (κ3) is 4.70. The fraction of sp³-hybridized carbons (Fsp3) is 0.533. The van der Waals surface area contributed by atoms with E-state index < -0.39 is 5.91 Å². The van der Waals surface area contributed by atoms with E-state index in [4.69, 9.17) is 0 Å². The standard InChI is InChI=1S/C30H37N5O3/c1-17-24(34-28(37)22-11-19(15-31)12-23(36)13-22)16-32-27-25(17)26(18(2)33-27)21-9-10-35(30(3,4)14-21)29(38)20-7-5-6-8-20/h11-13,16,18,20-21,26,36H,5-10,14H2,1-4H3,(H,32,33)(H,34,37). The quantitative estimate of drug-likeness (QED) is 0.507. The first-order valence-electron chi connectivity index (χ1n) is 13.7. The van der Waals surface area contributed by atoms with Gasteiger partial charge in [-0.15, -0.1) is 0 Å². The van der Waals surface area contributed by atoms with Crippen LogP contribution in [0.2, 0.25) is 0 Å². The predicted octanol–water partition coefficient (Wildman–Crippen LogP) is 5.32. The highest BCUT2D eigenvalue weighted by Crippen LogP contribution is 2.49. The van der Waals surface area contributed by atoms with Crippen LogP contribution in [0.5, 0.6) is 5.75 Å². The van der Waals surface area contributed by atoms with Gasteiger partial charge in [0, 0.05) is 41.1 Å². The normalized spacial score (nSPS) is 24.4. The third-order valence-electron chi connectivity index (χ3n) is 8.87. The predicted molar refractivity (Wildman–Crippen MR) is 146 cm³/mol. The third-order valence-corrected chi connectivity index (χ3v) is 8.87. The van der Waals surface area contributed by atoms with Crippen LogP contribution in [0.4, 0.5) is 11.5 Å². The van der Waals surface area contributed by atoms with Gasteiger partial charge in [0.15, 0.2) is 0 Å². The number of nitrogens with one attached hydrogen (secondary N) is 2. The molecule has 1 aromatic heterocycles. The number of carbonyl (C=O) groups is 2. The van der Waals surface area contributed by atoms with Crippen molar-refractivity contribution in [2.45, 2.75) is 83.7 Å². The van der Waals surface area contributed by atoms with E-state index in [1.807, 2.05) is 13.0 Å². The van der Waals surface area contributed by atoms with Crippen LogP contribution in [0.25, 0.3) is 0 Å². The van der Waals surface area contributed by atoms with Crippen LogP contribution in [-0.4, -0.2) is 44.9 Å². The van der Waals surface area contributed by atoms with Crippen molar-refractivity contribution >= 4 is 23.3 Å². The molecule has 2 aromatic rings. The lowest BCUT2D eigenvalue weighted by molar-refractivity contribution is -0.144. The number of phenolic OH excluding ortho intramolecular Hbond substituents is 1. The number of hydrogen-bond acceptors (Lipinski definition) is 6. The number of aromatic nitrogens is 1. The van der Waals surface area contributed by atoms with Crippen molar-refractivity contribution in [2.24, 2.45) is 11.8 Å². The summed E-state index contributed by atoms with van der Waals surface area (Å²) < 4.78 is 0. The molecule has 1 aliphatic carbocycles.